The molecule has 1 aliphatic carbocycles. The first-order chi connectivity index (χ1) is 12.2. The van der Waals surface area contributed by atoms with E-state index in [9.17, 15) is 18.0 Å². The molecule has 160 valence electrons. The number of carbonyl (C=O) groups is 1. The molecule has 1 aromatic rings. The molecule has 2 fully saturated rings. The van der Waals surface area contributed by atoms with E-state index < -0.39 is 11.7 Å². The van der Waals surface area contributed by atoms with E-state index in [4.69, 9.17) is 5.73 Å². The first kappa shape index (κ1) is 24.8. The molecule has 5 nitrogen and oxygen atoms in total. The van der Waals surface area contributed by atoms with Crippen molar-refractivity contribution < 1.29 is 18.0 Å². The molecule has 28 heavy (non-hydrogen) atoms. The molecular formula is C18H27Cl2F3N4O. The van der Waals surface area contributed by atoms with Gasteiger partial charge in [0.25, 0.3) is 0 Å². The Morgan fingerprint density at radius 3 is 2.43 bits per heavy atom. The molecule has 1 saturated heterocycles. The molecule has 0 aromatic carbocycles. The van der Waals surface area contributed by atoms with E-state index >= 15 is 0 Å². The van der Waals surface area contributed by atoms with Gasteiger partial charge in [-0.05, 0) is 37.8 Å². The Labute approximate surface area is 175 Å². The molecule has 0 bridgehead atoms. The minimum atomic E-state index is -4.38. The lowest BCUT2D eigenvalue weighted by Crippen LogP contribution is -2.53. The van der Waals surface area contributed by atoms with Crippen LogP contribution in [0, 0.1) is 5.41 Å². The summed E-state index contributed by atoms with van der Waals surface area (Å²) in [6.45, 7) is 3.97. The predicted octanol–water partition coefficient (Wildman–Crippen LogP) is 3.50. The lowest BCUT2D eigenvalue weighted by molar-refractivity contribution is -0.142. The zero-order valence-electron chi connectivity index (χ0n) is 15.7. The molecule has 0 radical (unpaired) electrons. The van der Waals surface area contributed by atoms with E-state index in [1.807, 2.05) is 11.8 Å². The normalized spacial score (nSPS) is 25.1. The summed E-state index contributed by atoms with van der Waals surface area (Å²) in [7, 11) is 0. The number of anilines is 1. The van der Waals surface area contributed by atoms with Crippen LogP contribution in [0.2, 0.25) is 0 Å². The van der Waals surface area contributed by atoms with Crippen LogP contribution < -0.4 is 10.6 Å². The summed E-state index contributed by atoms with van der Waals surface area (Å²) in [5, 5.41) is 0. The van der Waals surface area contributed by atoms with Crippen molar-refractivity contribution >= 4 is 36.5 Å². The maximum Gasteiger partial charge on any atom is 0.416 e. The molecule has 1 amide bonds. The number of hydrogen-bond acceptors (Lipinski definition) is 4. The smallest absolute Gasteiger partial charge is 0.353 e. The summed E-state index contributed by atoms with van der Waals surface area (Å²) >= 11 is 0. The van der Waals surface area contributed by atoms with Gasteiger partial charge in [-0.2, -0.15) is 13.2 Å². The van der Waals surface area contributed by atoms with Crippen LogP contribution in [-0.4, -0.2) is 48.0 Å². The molecule has 10 heteroatoms. The van der Waals surface area contributed by atoms with Gasteiger partial charge >= 0.3 is 6.18 Å². The molecule has 2 N–H and O–H groups in total. The molecule has 2 heterocycles. The molecule has 3 rings (SSSR count). The number of alkyl halides is 3. The Balaban J connectivity index is 0.00000196. The highest BCUT2D eigenvalue weighted by molar-refractivity contribution is 5.85. The number of carbonyl (C=O) groups excluding carboxylic acids is 1. The number of halogens is 5. The Bertz CT molecular complexity index is 668. The summed E-state index contributed by atoms with van der Waals surface area (Å²) < 4.78 is 38.6. The summed E-state index contributed by atoms with van der Waals surface area (Å²) in [5.41, 5.74) is 4.95. The number of rotatable bonds is 3. The van der Waals surface area contributed by atoms with E-state index in [1.54, 1.807) is 4.90 Å². The van der Waals surface area contributed by atoms with E-state index in [-0.39, 0.29) is 42.2 Å². The standard InChI is InChI=1S/C18H25F3N4O.2ClH/c1-2-17(5-3-14(22)12-17)16(26)25-9-7-24(8-10-25)15-11-13(4-6-23-15)18(19,20)21;;/h4,6,11,14H,2-3,5,7-10,12,22H2,1H3;2*1H/t14-,17+;;/m0../s1. The number of hydrogen-bond donors (Lipinski definition) is 1. The topological polar surface area (TPSA) is 62.5 Å². The summed E-state index contributed by atoms with van der Waals surface area (Å²) in [6, 6.07) is 2.12. The fourth-order valence-corrected chi connectivity index (χ4v) is 4.08. The van der Waals surface area contributed by atoms with Gasteiger partial charge in [-0.1, -0.05) is 6.92 Å². The van der Waals surface area contributed by atoms with Crippen LogP contribution in [0.1, 0.15) is 38.2 Å². The fourth-order valence-electron chi connectivity index (χ4n) is 4.08. The van der Waals surface area contributed by atoms with E-state index in [2.05, 4.69) is 4.98 Å². The van der Waals surface area contributed by atoms with Gasteiger partial charge in [0.1, 0.15) is 5.82 Å². The summed E-state index contributed by atoms with van der Waals surface area (Å²) in [5.74, 6) is 0.449. The minimum Gasteiger partial charge on any atom is -0.353 e. The third-order valence-corrected chi connectivity index (χ3v) is 5.74. The maximum atomic E-state index is 13.0. The maximum absolute atomic E-state index is 13.0. The lowest BCUT2D eigenvalue weighted by Gasteiger charge is -2.40. The number of pyridine rings is 1. The SMILES string of the molecule is CC[C@@]1(C(=O)N2CCN(c3cc(C(F)(F)F)ccn3)CC2)CC[C@H](N)C1.Cl.Cl. The zero-order valence-corrected chi connectivity index (χ0v) is 17.4. The zero-order chi connectivity index (χ0) is 18.9. The second-order valence-corrected chi connectivity index (χ2v) is 7.32. The second-order valence-electron chi connectivity index (χ2n) is 7.32. The van der Waals surface area contributed by atoms with Crippen LogP contribution in [0.4, 0.5) is 19.0 Å². The Hall–Kier alpha value is -1.25. The predicted molar refractivity (Wildman–Crippen MR) is 107 cm³/mol. The average Bonchev–Trinajstić information content (AvgIpc) is 3.03. The molecular weight excluding hydrogens is 416 g/mol. The van der Waals surface area contributed by atoms with Crippen LogP contribution in [0.3, 0.4) is 0 Å². The van der Waals surface area contributed by atoms with Crippen molar-refractivity contribution in [3.8, 4) is 0 Å². The highest BCUT2D eigenvalue weighted by Crippen LogP contribution is 2.42. The Kier molecular flexibility index (Phi) is 8.41. The largest absolute Gasteiger partial charge is 0.416 e. The third kappa shape index (κ3) is 5.02. The van der Waals surface area contributed by atoms with Gasteiger partial charge in [0.2, 0.25) is 5.91 Å². The van der Waals surface area contributed by atoms with Gasteiger partial charge in [0.05, 0.1) is 11.0 Å². The van der Waals surface area contributed by atoms with Crippen LogP contribution in [0.5, 0.6) is 0 Å². The van der Waals surface area contributed by atoms with E-state index in [0.717, 1.165) is 37.8 Å². The monoisotopic (exact) mass is 442 g/mol. The van der Waals surface area contributed by atoms with Crippen molar-refractivity contribution in [2.45, 2.75) is 44.8 Å². The van der Waals surface area contributed by atoms with Crippen LogP contribution in [-0.2, 0) is 11.0 Å². The second kappa shape index (κ2) is 9.50. The van der Waals surface area contributed by atoms with Gasteiger partial charge in [0, 0.05) is 38.4 Å². The molecule has 1 aliphatic heterocycles. The minimum absolute atomic E-state index is 0. The van der Waals surface area contributed by atoms with Crippen molar-refractivity contribution in [1.29, 1.82) is 0 Å². The third-order valence-electron chi connectivity index (χ3n) is 5.74. The number of nitrogens with two attached hydrogens (primary N) is 1. The molecule has 2 aliphatic rings. The highest BCUT2D eigenvalue weighted by atomic mass is 35.5. The summed E-state index contributed by atoms with van der Waals surface area (Å²) in [4.78, 5) is 20.7. The molecule has 0 unspecified atom stereocenters. The number of nitrogens with zero attached hydrogens (tertiary/aromatic N) is 3. The van der Waals surface area contributed by atoms with E-state index in [0.29, 0.717) is 32.0 Å². The number of piperazine rings is 1. The van der Waals surface area contributed by atoms with Gasteiger partial charge < -0.3 is 15.5 Å². The van der Waals surface area contributed by atoms with Crippen molar-refractivity contribution in [2.75, 3.05) is 31.1 Å². The van der Waals surface area contributed by atoms with Crippen molar-refractivity contribution in [2.24, 2.45) is 11.1 Å². The first-order valence-electron chi connectivity index (χ1n) is 9.08. The lowest BCUT2D eigenvalue weighted by atomic mass is 9.81. The van der Waals surface area contributed by atoms with Crippen molar-refractivity contribution in [1.82, 2.24) is 9.88 Å². The quantitative estimate of drug-likeness (QED) is 0.777. The van der Waals surface area contributed by atoms with E-state index in [1.165, 1.54) is 6.20 Å². The summed E-state index contributed by atoms with van der Waals surface area (Å²) in [6.07, 6.45) is -0.0227. The fraction of sp³-hybridized carbons (Fsp3) is 0.667. The van der Waals surface area contributed by atoms with Gasteiger partial charge in [0.15, 0.2) is 0 Å². The molecule has 1 saturated carbocycles. The van der Waals surface area contributed by atoms with Gasteiger partial charge in [-0.3, -0.25) is 4.79 Å². The number of amides is 1. The first-order valence-corrected chi connectivity index (χ1v) is 9.08. The van der Waals surface area contributed by atoms with Crippen LogP contribution in [0.25, 0.3) is 0 Å². The number of aromatic nitrogens is 1. The van der Waals surface area contributed by atoms with Crippen LogP contribution in [0.15, 0.2) is 18.3 Å². The van der Waals surface area contributed by atoms with Crippen LogP contribution >= 0.6 is 24.8 Å². The Morgan fingerprint density at radius 1 is 1.29 bits per heavy atom. The molecule has 1 aromatic heterocycles. The average molecular weight is 443 g/mol. The highest BCUT2D eigenvalue weighted by Gasteiger charge is 2.45. The Morgan fingerprint density at radius 2 is 1.93 bits per heavy atom. The molecule has 2 atom stereocenters. The molecule has 0 spiro atoms. The van der Waals surface area contributed by atoms with Gasteiger partial charge in [-0.25, -0.2) is 4.98 Å². The van der Waals surface area contributed by atoms with Crippen molar-refractivity contribution in [3.63, 3.8) is 0 Å². The van der Waals surface area contributed by atoms with Gasteiger partial charge in [-0.15, -0.1) is 24.8 Å². The van der Waals surface area contributed by atoms with Crippen molar-refractivity contribution in [3.05, 3.63) is 23.9 Å².